The topological polar surface area (TPSA) is 104 Å². The number of hydrogen-bond donors (Lipinski definition) is 3. The highest BCUT2D eigenvalue weighted by atomic mass is 16.4. The normalized spacial score (nSPS) is 13.3. The van der Waals surface area contributed by atoms with Crippen molar-refractivity contribution in [3.05, 3.63) is 0 Å². The van der Waals surface area contributed by atoms with Crippen LogP contribution in [0.3, 0.4) is 0 Å². The van der Waals surface area contributed by atoms with Gasteiger partial charge in [0.2, 0.25) is 5.91 Å². The fourth-order valence-electron chi connectivity index (χ4n) is 2.09. The van der Waals surface area contributed by atoms with Crippen LogP contribution in [0.5, 0.6) is 0 Å². The van der Waals surface area contributed by atoms with Crippen LogP contribution in [0.4, 0.5) is 0 Å². The average Bonchev–Trinajstić information content (AvgIpc) is 2.38. The SMILES string of the molecule is CC(C)C[C@H](N)[C@@H](O)CC(=O)O.CCN(CC)C(=O)CC(C)C. The first-order valence-electron chi connectivity index (χ1n) is 8.48. The van der Waals surface area contributed by atoms with Crippen LogP contribution in [0, 0.1) is 11.8 Å². The minimum atomic E-state index is -1.01. The maximum atomic E-state index is 11.3. The molecular weight excluding hydrogens is 296 g/mol. The smallest absolute Gasteiger partial charge is 0.306 e. The van der Waals surface area contributed by atoms with E-state index >= 15 is 0 Å². The van der Waals surface area contributed by atoms with E-state index < -0.39 is 18.1 Å². The highest BCUT2D eigenvalue weighted by Crippen LogP contribution is 2.08. The van der Waals surface area contributed by atoms with Crippen LogP contribution in [0.2, 0.25) is 0 Å². The van der Waals surface area contributed by atoms with Crippen molar-refractivity contribution in [1.29, 1.82) is 0 Å². The molecule has 0 fully saturated rings. The van der Waals surface area contributed by atoms with Gasteiger partial charge in [0.1, 0.15) is 0 Å². The first kappa shape index (κ1) is 24.1. The third-order valence-electron chi connectivity index (χ3n) is 3.32. The number of nitrogens with two attached hydrogens (primary N) is 1. The Morgan fingerprint density at radius 2 is 1.48 bits per heavy atom. The molecule has 1 amide bonds. The fourth-order valence-corrected chi connectivity index (χ4v) is 2.09. The van der Waals surface area contributed by atoms with Crippen LogP contribution in [0.1, 0.15) is 60.8 Å². The lowest BCUT2D eigenvalue weighted by Crippen LogP contribution is -2.37. The summed E-state index contributed by atoms with van der Waals surface area (Å²) in [5, 5.41) is 17.6. The summed E-state index contributed by atoms with van der Waals surface area (Å²) in [6.45, 7) is 13.8. The van der Waals surface area contributed by atoms with Gasteiger partial charge < -0.3 is 20.8 Å². The number of aliphatic carboxylic acids is 1. The summed E-state index contributed by atoms with van der Waals surface area (Å²) in [4.78, 5) is 23.4. The lowest BCUT2D eigenvalue weighted by molar-refractivity contribution is -0.139. The first-order chi connectivity index (χ1) is 10.5. The zero-order valence-corrected chi connectivity index (χ0v) is 15.6. The van der Waals surface area contributed by atoms with Gasteiger partial charge >= 0.3 is 5.97 Å². The lowest BCUT2D eigenvalue weighted by Gasteiger charge is -2.19. The molecule has 0 saturated heterocycles. The van der Waals surface area contributed by atoms with Crippen molar-refractivity contribution in [1.82, 2.24) is 4.90 Å². The third-order valence-corrected chi connectivity index (χ3v) is 3.32. The van der Waals surface area contributed by atoms with Gasteiger partial charge in [-0.3, -0.25) is 9.59 Å². The zero-order valence-electron chi connectivity index (χ0n) is 15.6. The minimum absolute atomic E-state index is 0.270. The van der Waals surface area contributed by atoms with Gasteiger partial charge in [0, 0.05) is 25.6 Å². The Morgan fingerprint density at radius 1 is 1.00 bits per heavy atom. The Kier molecular flexibility index (Phi) is 14.0. The molecule has 0 aliphatic rings. The first-order valence-corrected chi connectivity index (χ1v) is 8.48. The van der Waals surface area contributed by atoms with Crippen LogP contribution >= 0.6 is 0 Å². The van der Waals surface area contributed by atoms with Crippen molar-refractivity contribution < 1.29 is 19.8 Å². The number of carboxylic acid groups (broad SMARTS) is 1. The second kappa shape index (κ2) is 13.3. The number of rotatable bonds is 9. The lowest BCUT2D eigenvalue weighted by atomic mass is 9.98. The fraction of sp³-hybridized carbons (Fsp3) is 0.882. The number of amides is 1. The van der Waals surface area contributed by atoms with Crippen molar-refractivity contribution in [2.45, 2.75) is 73.0 Å². The maximum Gasteiger partial charge on any atom is 0.306 e. The number of carbonyl (C=O) groups is 2. The summed E-state index contributed by atoms with van der Waals surface area (Å²) in [6.07, 6.45) is 0.134. The second-order valence-electron chi connectivity index (χ2n) is 6.62. The van der Waals surface area contributed by atoms with E-state index in [1.807, 2.05) is 32.6 Å². The monoisotopic (exact) mass is 332 g/mol. The summed E-state index contributed by atoms with van der Waals surface area (Å²) in [7, 11) is 0. The van der Waals surface area contributed by atoms with E-state index in [0.717, 1.165) is 13.1 Å². The molecule has 0 unspecified atom stereocenters. The average molecular weight is 332 g/mol. The van der Waals surface area contributed by atoms with Crippen molar-refractivity contribution in [3.63, 3.8) is 0 Å². The highest BCUT2D eigenvalue weighted by molar-refractivity contribution is 5.76. The third kappa shape index (κ3) is 14.2. The summed E-state index contributed by atoms with van der Waals surface area (Å²) in [5.74, 6) is 0.123. The summed E-state index contributed by atoms with van der Waals surface area (Å²) in [5.41, 5.74) is 5.55. The molecule has 0 rings (SSSR count). The molecule has 6 nitrogen and oxygen atoms in total. The van der Waals surface area contributed by atoms with Crippen LogP contribution in [0.15, 0.2) is 0 Å². The summed E-state index contributed by atoms with van der Waals surface area (Å²) >= 11 is 0. The van der Waals surface area contributed by atoms with Crippen LogP contribution in [-0.4, -0.2) is 52.2 Å². The van der Waals surface area contributed by atoms with Gasteiger partial charge in [-0.05, 0) is 32.1 Å². The molecule has 0 aromatic carbocycles. The van der Waals surface area contributed by atoms with Crippen LogP contribution in [-0.2, 0) is 9.59 Å². The van der Waals surface area contributed by atoms with Crippen molar-refractivity contribution in [3.8, 4) is 0 Å². The Morgan fingerprint density at radius 3 is 1.78 bits per heavy atom. The number of carboxylic acids is 1. The number of aliphatic hydroxyl groups excluding tert-OH is 1. The number of nitrogens with zero attached hydrogens (tertiary/aromatic N) is 1. The molecule has 0 aliphatic carbocycles. The molecule has 0 aliphatic heterocycles. The van der Waals surface area contributed by atoms with Gasteiger partial charge in [0.05, 0.1) is 12.5 Å². The van der Waals surface area contributed by atoms with Gasteiger partial charge in [-0.2, -0.15) is 0 Å². The highest BCUT2D eigenvalue weighted by Gasteiger charge is 2.18. The molecule has 0 spiro atoms. The molecule has 138 valence electrons. The van der Waals surface area contributed by atoms with E-state index in [0.29, 0.717) is 24.7 Å². The van der Waals surface area contributed by atoms with Crippen molar-refractivity contribution in [2.24, 2.45) is 17.6 Å². The minimum Gasteiger partial charge on any atom is -0.481 e. The van der Waals surface area contributed by atoms with Gasteiger partial charge in [0.15, 0.2) is 0 Å². The molecule has 2 atom stereocenters. The molecule has 0 saturated carbocycles. The Hall–Kier alpha value is -1.14. The number of carbonyl (C=O) groups excluding carboxylic acids is 1. The standard InChI is InChI=1S/C9H19NO.C8H17NO3/c1-5-10(6-2)9(11)7-8(3)4;1-5(2)3-6(9)7(10)4-8(11)12/h8H,5-7H2,1-4H3;5-7,10H,3-4,9H2,1-2H3,(H,11,12)/t;6-,7-/m.0/s1. The van der Waals surface area contributed by atoms with Crippen LogP contribution < -0.4 is 5.73 Å². The molecule has 0 bridgehead atoms. The van der Waals surface area contributed by atoms with E-state index in [1.54, 1.807) is 0 Å². The molecular formula is C17H36N2O4. The van der Waals surface area contributed by atoms with Gasteiger partial charge in [-0.25, -0.2) is 0 Å². The molecule has 4 N–H and O–H groups in total. The van der Waals surface area contributed by atoms with Gasteiger partial charge in [-0.15, -0.1) is 0 Å². The molecule has 6 heteroatoms. The summed E-state index contributed by atoms with van der Waals surface area (Å²) in [6, 6.07) is -0.430. The zero-order chi connectivity index (χ0) is 18.6. The molecule has 0 heterocycles. The van der Waals surface area contributed by atoms with E-state index in [2.05, 4.69) is 13.8 Å². The van der Waals surface area contributed by atoms with Crippen molar-refractivity contribution >= 4 is 11.9 Å². The van der Waals surface area contributed by atoms with E-state index in [1.165, 1.54) is 0 Å². The molecule has 0 aromatic heterocycles. The van der Waals surface area contributed by atoms with Gasteiger partial charge in [-0.1, -0.05) is 27.7 Å². The Labute approximate surface area is 141 Å². The van der Waals surface area contributed by atoms with Crippen LogP contribution in [0.25, 0.3) is 0 Å². The predicted octanol–water partition coefficient (Wildman–Crippen LogP) is 2.10. The van der Waals surface area contributed by atoms with Gasteiger partial charge in [0.25, 0.3) is 0 Å². The van der Waals surface area contributed by atoms with Crippen molar-refractivity contribution in [2.75, 3.05) is 13.1 Å². The maximum absolute atomic E-state index is 11.3. The molecule has 23 heavy (non-hydrogen) atoms. The number of aliphatic hydroxyl groups is 1. The predicted molar refractivity (Wildman–Crippen MR) is 93.1 cm³/mol. The van der Waals surface area contributed by atoms with E-state index in [-0.39, 0.29) is 12.3 Å². The largest absolute Gasteiger partial charge is 0.481 e. The quantitative estimate of drug-likeness (QED) is 0.600. The van der Waals surface area contributed by atoms with E-state index in [4.69, 9.17) is 10.8 Å². The summed E-state index contributed by atoms with van der Waals surface area (Å²) < 4.78 is 0. The number of hydrogen-bond acceptors (Lipinski definition) is 4. The second-order valence-corrected chi connectivity index (χ2v) is 6.62. The molecule has 0 radical (unpaired) electrons. The van der Waals surface area contributed by atoms with E-state index in [9.17, 15) is 14.7 Å². The Bertz CT molecular complexity index is 329. The molecule has 0 aromatic rings. The Balaban J connectivity index is 0.